The van der Waals surface area contributed by atoms with Crippen molar-refractivity contribution >= 4 is 28.2 Å². The van der Waals surface area contributed by atoms with Crippen LogP contribution in [0.25, 0.3) is 0 Å². The molecule has 2 amide bonds. The molecule has 1 aromatic heterocycles. The Morgan fingerprint density at radius 3 is 2.69 bits per heavy atom. The Bertz CT molecular complexity index is 729. The lowest BCUT2D eigenvalue weighted by Gasteiger charge is -2.18. The van der Waals surface area contributed by atoms with Crippen LogP contribution < -0.4 is 10.6 Å². The molecule has 2 aromatic rings. The first-order chi connectivity index (χ1) is 12.8. The highest BCUT2D eigenvalue weighted by atomic mass is 32.1. The fraction of sp³-hybridized carbons (Fsp3) is 0.526. The molecule has 138 valence electrons. The van der Waals surface area contributed by atoms with Crippen LogP contribution in [0.4, 0.5) is 15.6 Å². The van der Waals surface area contributed by atoms with Crippen LogP contribution in [0.3, 0.4) is 0 Å². The number of nitrogens with zero attached hydrogens (tertiary/aromatic N) is 3. The number of anilines is 2. The van der Waals surface area contributed by atoms with Crippen molar-refractivity contribution < 1.29 is 4.79 Å². The normalized spacial score (nSPS) is 20.9. The van der Waals surface area contributed by atoms with Crippen LogP contribution >= 0.6 is 11.3 Å². The van der Waals surface area contributed by atoms with Gasteiger partial charge in [0.15, 0.2) is 0 Å². The molecule has 0 bridgehead atoms. The van der Waals surface area contributed by atoms with E-state index in [0.717, 1.165) is 23.7 Å². The first-order valence-electron chi connectivity index (χ1n) is 9.49. The minimum absolute atomic E-state index is 0.0753. The standard InChI is InChI=1S/C19H25N5OS/c25-19(21-18-23-22-17(26-18)14-7-3-1-4-8-14)24-12-11-16(13-24)20-15-9-5-2-6-10-15/h2,5-6,9-10,14,16,20H,1,3-4,7-8,11-13H2,(H,21,23,25)/t16-/m1/s1. The van der Waals surface area contributed by atoms with E-state index in [4.69, 9.17) is 0 Å². The van der Waals surface area contributed by atoms with Gasteiger partial charge in [0.1, 0.15) is 5.01 Å². The summed E-state index contributed by atoms with van der Waals surface area (Å²) in [5.74, 6) is 0.526. The summed E-state index contributed by atoms with van der Waals surface area (Å²) in [6.07, 6.45) is 7.21. The molecule has 2 N–H and O–H groups in total. The molecule has 1 saturated heterocycles. The molecule has 2 aliphatic rings. The molecule has 1 atom stereocenters. The van der Waals surface area contributed by atoms with E-state index in [9.17, 15) is 4.79 Å². The minimum Gasteiger partial charge on any atom is -0.380 e. The molecule has 0 spiro atoms. The van der Waals surface area contributed by atoms with E-state index in [0.29, 0.717) is 17.6 Å². The van der Waals surface area contributed by atoms with Gasteiger partial charge in [-0.15, -0.1) is 10.2 Å². The van der Waals surface area contributed by atoms with Crippen LogP contribution in [0, 0.1) is 0 Å². The highest BCUT2D eigenvalue weighted by Gasteiger charge is 2.27. The third-order valence-electron chi connectivity index (χ3n) is 5.23. The minimum atomic E-state index is -0.0753. The molecule has 26 heavy (non-hydrogen) atoms. The van der Waals surface area contributed by atoms with Gasteiger partial charge in [0.2, 0.25) is 5.13 Å². The molecule has 0 unspecified atom stereocenters. The Hall–Kier alpha value is -2.15. The SMILES string of the molecule is O=C(Nc1nnc(C2CCCCC2)s1)N1CC[C@@H](Nc2ccccc2)C1. The second-order valence-electron chi connectivity index (χ2n) is 7.15. The van der Waals surface area contributed by atoms with Gasteiger partial charge in [-0.05, 0) is 31.4 Å². The van der Waals surface area contributed by atoms with Crippen LogP contribution in [0.15, 0.2) is 30.3 Å². The van der Waals surface area contributed by atoms with Crippen LogP contribution in [0.1, 0.15) is 49.5 Å². The van der Waals surface area contributed by atoms with E-state index in [-0.39, 0.29) is 12.1 Å². The molecule has 1 aliphatic heterocycles. The maximum atomic E-state index is 12.5. The third kappa shape index (κ3) is 4.15. The molecule has 1 saturated carbocycles. The van der Waals surface area contributed by atoms with Gasteiger partial charge in [-0.3, -0.25) is 5.32 Å². The number of likely N-dealkylation sites (tertiary alicyclic amines) is 1. The van der Waals surface area contributed by atoms with Crippen molar-refractivity contribution in [3.8, 4) is 0 Å². The van der Waals surface area contributed by atoms with E-state index < -0.39 is 0 Å². The summed E-state index contributed by atoms with van der Waals surface area (Å²) in [7, 11) is 0. The lowest BCUT2D eigenvalue weighted by Crippen LogP contribution is -2.34. The summed E-state index contributed by atoms with van der Waals surface area (Å²) in [6, 6.07) is 10.3. The van der Waals surface area contributed by atoms with Crippen molar-refractivity contribution in [2.75, 3.05) is 23.7 Å². The van der Waals surface area contributed by atoms with Crippen LogP contribution in [-0.4, -0.2) is 40.3 Å². The van der Waals surface area contributed by atoms with Crippen molar-refractivity contribution in [2.24, 2.45) is 0 Å². The predicted octanol–water partition coefficient (Wildman–Crippen LogP) is 4.30. The summed E-state index contributed by atoms with van der Waals surface area (Å²) in [6.45, 7) is 1.46. The van der Waals surface area contributed by atoms with Gasteiger partial charge < -0.3 is 10.2 Å². The highest BCUT2D eigenvalue weighted by Crippen LogP contribution is 2.35. The Morgan fingerprint density at radius 1 is 1.08 bits per heavy atom. The van der Waals surface area contributed by atoms with Crippen molar-refractivity contribution in [1.82, 2.24) is 15.1 Å². The summed E-state index contributed by atoms with van der Waals surface area (Å²) < 4.78 is 0. The number of para-hydroxylation sites is 1. The van der Waals surface area contributed by atoms with Crippen molar-refractivity contribution in [3.05, 3.63) is 35.3 Å². The molecule has 1 aromatic carbocycles. The molecular formula is C19H25N5OS. The summed E-state index contributed by atoms with van der Waals surface area (Å²) >= 11 is 1.53. The number of carbonyl (C=O) groups is 1. The number of amides is 2. The van der Waals surface area contributed by atoms with E-state index in [2.05, 4.69) is 33.0 Å². The number of rotatable bonds is 4. The quantitative estimate of drug-likeness (QED) is 0.840. The number of hydrogen-bond donors (Lipinski definition) is 2. The predicted molar refractivity (Wildman–Crippen MR) is 105 cm³/mol. The highest BCUT2D eigenvalue weighted by molar-refractivity contribution is 7.15. The lowest BCUT2D eigenvalue weighted by atomic mass is 9.90. The maximum absolute atomic E-state index is 12.5. The summed E-state index contributed by atoms with van der Waals surface area (Å²) in [5, 5.41) is 16.6. The van der Waals surface area contributed by atoms with Crippen molar-refractivity contribution in [2.45, 2.75) is 50.5 Å². The van der Waals surface area contributed by atoms with Gasteiger partial charge in [0.25, 0.3) is 0 Å². The number of nitrogens with one attached hydrogen (secondary N) is 2. The Morgan fingerprint density at radius 2 is 1.88 bits per heavy atom. The lowest BCUT2D eigenvalue weighted by molar-refractivity contribution is 0.222. The monoisotopic (exact) mass is 371 g/mol. The van der Waals surface area contributed by atoms with Gasteiger partial charge in [0, 0.05) is 30.7 Å². The Labute approximate surface area is 158 Å². The fourth-order valence-corrected chi connectivity index (χ4v) is 4.70. The van der Waals surface area contributed by atoms with Gasteiger partial charge >= 0.3 is 6.03 Å². The van der Waals surface area contributed by atoms with Crippen LogP contribution in [0.5, 0.6) is 0 Å². The smallest absolute Gasteiger partial charge is 0.323 e. The number of hydrogen-bond acceptors (Lipinski definition) is 5. The molecule has 7 heteroatoms. The van der Waals surface area contributed by atoms with E-state index >= 15 is 0 Å². The molecular weight excluding hydrogens is 346 g/mol. The number of aromatic nitrogens is 2. The largest absolute Gasteiger partial charge is 0.380 e. The van der Waals surface area contributed by atoms with Crippen molar-refractivity contribution in [1.29, 1.82) is 0 Å². The Balaban J connectivity index is 1.29. The van der Waals surface area contributed by atoms with E-state index in [1.54, 1.807) is 0 Å². The first-order valence-corrected chi connectivity index (χ1v) is 10.3. The van der Waals surface area contributed by atoms with Crippen molar-refractivity contribution in [3.63, 3.8) is 0 Å². The molecule has 2 fully saturated rings. The maximum Gasteiger partial charge on any atom is 0.323 e. The molecule has 4 rings (SSSR count). The molecule has 2 heterocycles. The fourth-order valence-electron chi connectivity index (χ4n) is 3.80. The topological polar surface area (TPSA) is 70.2 Å². The Kier molecular flexibility index (Phi) is 5.34. The van der Waals surface area contributed by atoms with E-state index in [1.165, 1.54) is 43.4 Å². The van der Waals surface area contributed by atoms with Gasteiger partial charge in [-0.2, -0.15) is 0 Å². The second-order valence-corrected chi connectivity index (χ2v) is 8.16. The zero-order chi connectivity index (χ0) is 17.8. The van der Waals surface area contributed by atoms with E-state index in [1.807, 2.05) is 23.1 Å². The summed E-state index contributed by atoms with van der Waals surface area (Å²) in [5.41, 5.74) is 1.10. The second kappa shape index (κ2) is 8.03. The van der Waals surface area contributed by atoms with Gasteiger partial charge in [-0.1, -0.05) is 48.8 Å². The first kappa shape index (κ1) is 17.3. The van der Waals surface area contributed by atoms with Gasteiger partial charge in [-0.25, -0.2) is 4.79 Å². The number of urea groups is 1. The third-order valence-corrected chi connectivity index (χ3v) is 6.23. The molecule has 0 radical (unpaired) electrons. The number of carbonyl (C=O) groups excluding carboxylic acids is 1. The van der Waals surface area contributed by atoms with Crippen LogP contribution in [0.2, 0.25) is 0 Å². The van der Waals surface area contributed by atoms with Gasteiger partial charge in [0.05, 0.1) is 0 Å². The molecule has 1 aliphatic carbocycles. The van der Waals surface area contributed by atoms with Crippen LogP contribution in [-0.2, 0) is 0 Å². The zero-order valence-corrected chi connectivity index (χ0v) is 15.7. The molecule has 6 nitrogen and oxygen atoms in total. The summed E-state index contributed by atoms with van der Waals surface area (Å²) in [4.78, 5) is 14.4. The number of benzene rings is 1. The average Bonchev–Trinajstić information content (AvgIpc) is 3.33. The zero-order valence-electron chi connectivity index (χ0n) is 14.9. The average molecular weight is 372 g/mol.